The van der Waals surface area contributed by atoms with Crippen LogP contribution < -0.4 is 9.47 Å². The zero-order valence-corrected chi connectivity index (χ0v) is 21.2. The van der Waals surface area contributed by atoms with Crippen LogP contribution >= 0.6 is 0 Å². The lowest BCUT2D eigenvalue weighted by molar-refractivity contribution is 0.0734. The van der Waals surface area contributed by atoms with Gasteiger partial charge in [0.1, 0.15) is 23.4 Å². The minimum atomic E-state index is -0.718. The number of carbonyl (C=O) groups excluding carboxylic acids is 1. The Morgan fingerprint density at radius 2 is 1.29 bits per heavy atom. The van der Waals surface area contributed by atoms with Gasteiger partial charge in [0.05, 0.1) is 17.7 Å². The SMILES string of the molecule is CCCCCCCCCCCCCCCCOc1ccc(C(=O)Oc2ccc(C#N)c(F)c2)cc1. The molecule has 0 aromatic heterocycles. The van der Waals surface area contributed by atoms with Crippen molar-refractivity contribution in [1.29, 1.82) is 5.26 Å². The average molecular weight is 482 g/mol. The molecule has 0 amide bonds. The maximum Gasteiger partial charge on any atom is 0.343 e. The molecule has 0 heterocycles. The summed E-state index contributed by atoms with van der Waals surface area (Å²) in [5.41, 5.74) is 0.253. The van der Waals surface area contributed by atoms with Gasteiger partial charge in [-0.2, -0.15) is 5.26 Å². The fourth-order valence-electron chi connectivity index (χ4n) is 3.99. The number of esters is 1. The Kier molecular flexibility index (Phi) is 14.2. The fraction of sp³-hybridized carbons (Fsp3) is 0.533. The predicted molar refractivity (Wildman–Crippen MR) is 138 cm³/mol. The maximum absolute atomic E-state index is 13.7. The lowest BCUT2D eigenvalue weighted by Gasteiger charge is -2.08. The molecule has 0 unspecified atom stereocenters. The second-order valence-corrected chi connectivity index (χ2v) is 9.11. The molecule has 2 rings (SSSR count). The van der Waals surface area contributed by atoms with Crippen molar-refractivity contribution in [2.24, 2.45) is 0 Å². The smallest absolute Gasteiger partial charge is 0.343 e. The second-order valence-electron chi connectivity index (χ2n) is 9.11. The fourth-order valence-corrected chi connectivity index (χ4v) is 3.99. The molecule has 0 spiro atoms. The zero-order valence-electron chi connectivity index (χ0n) is 21.2. The van der Waals surface area contributed by atoms with E-state index in [1.807, 2.05) is 0 Å². The first-order valence-corrected chi connectivity index (χ1v) is 13.3. The molecule has 0 aliphatic heterocycles. The first kappa shape index (κ1) is 28.4. The number of benzene rings is 2. The third kappa shape index (κ3) is 11.9. The molecule has 0 N–H and O–H groups in total. The number of unbranched alkanes of at least 4 members (excludes halogenated alkanes) is 13. The van der Waals surface area contributed by atoms with Crippen LogP contribution in [0.1, 0.15) is 113 Å². The van der Waals surface area contributed by atoms with E-state index in [1.165, 1.54) is 95.6 Å². The van der Waals surface area contributed by atoms with Crippen LogP contribution in [0.2, 0.25) is 0 Å². The first-order chi connectivity index (χ1) is 17.1. The number of rotatable bonds is 18. The van der Waals surface area contributed by atoms with Crippen LogP contribution in [-0.2, 0) is 0 Å². The Hall–Kier alpha value is -2.87. The Morgan fingerprint density at radius 3 is 1.80 bits per heavy atom. The molecule has 4 nitrogen and oxygen atoms in total. The highest BCUT2D eigenvalue weighted by Crippen LogP contribution is 2.19. The average Bonchev–Trinajstić information content (AvgIpc) is 2.87. The highest BCUT2D eigenvalue weighted by molar-refractivity contribution is 5.91. The molecule has 0 fully saturated rings. The summed E-state index contributed by atoms with van der Waals surface area (Å²) in [7, 11) is 0. The summed E-state index contributed by atoms with van der Waals surface area (Å²) in [4.78, 5) is 12.2. The number of nitrogens with zero attached hydrogens (tertiary/aromatic N) is 1. The standard InChI is InChI=1S/C30H40FNO3/c1-2-3-4-5-6-7-8-9-10-11-12-13-14-15-22-34-27-19-16-25(17-20-27)30(33)35-28-21-18-26(24-32)29(31)23-28/h16-21,23H,2-15,22H2,1H3. The van der Waals surface area contributed by atoms with Crippen molar-refractivity contribution in [3.8, 4) is 17.6 Å². The first-order valence-electron chi connectivity index (χ1n) is 13.3. The van der Waals surface area contributed by atoms with Gasteiger partial charge < -0.3 is 9.47 Å². The van der Waals surface area contributed by atoms with Crippen LogP contribution in [0, 0.1) is 17.1 Å². The van der Waals surface area contributed by atoms with Crippen molar-refractivity contribution < 1.29 is 18.7 Å². The van der Waals surface area contributed by atoms with E-state index in [0.717, 1.165) is 12.5 Å². The van der Waals surface area contributed by atoms with E-state index < -0.39 is 11.8 Å². The van der Waals surface area contributed by atoms with Crippen molar-refractivity contribution in [2.45, 2.75) is 96.8 Å². The Bertz CT molecular complexity index is 905. The van der Waals surface area contributed by atoms with Gasteiger partial charge in [-0.3, -0.25) is 0 Å². The minimum absolute atomic E-state index is 0.0598. The van der Waals surface area contributed by atoms with Gasteiger partial charge in [0.25, 0.3) is 0 Å². The van der Waals surface area contributed by atoms with Crippen molar-refractivity contribution in [3.05, 3.63) is 59.4 Å². The number of nitriles is 1. The van der Waals surface area contributed by atoms with Gasteiger partial charge >= 0.3 is 5.97 Å². The van der Waals surface area contributed by atoms with Gasteiger partial charge in [0.15, 0.2) is 0 Å². The molecule has 5 heteroatoms. The van der Waals surface area contributed by atoms with Gasteiger partial charge in [-0.15, -0.1) is 0 Å². The van der Waals surface area contributed by atoms with Gasteiger partial charge in [0.2, 0.25) is 0 Å². The van der Waals surface area contributed by atoms with Crippen LogP contribution in [0.25, 0.3) is 0 Å². The summed E-state index contributed by atoms with van der Waals surface area (Å²) < 4.78 is 24.6. The monoisotopic (exact) mass is 481 g/mol. The predicted octanol–water partition coefficient (Wildman–Crippen LogP) is 8.78. The Morgan fingerprint density at radius 1 is 0.771 bits per heavy atom. The zero-order chi connectivity index (χ0) is 25.1. The third-order valence-electron chi connectivity index (χ3n) is 6.13. The van der Waals surface area contributed by atoms with E-state index in [0.29, 0.717) is 17.9 Å². The van der Waals surface area contributed by atoms with Crippen LogP contribution in [0.15, 0.2) is 42.5 Å². The molecule has 190 valence electrons. The highest BCUT2D eigenvalue weighted by Gasteiger charge is 2.11. The van der Waals surface area contributed by atoms with E-state index >= 15 is 0 Å². The van der Waals surface area contributed by atoms with Gasteiger partial charge in [-0.1, -0.05) is 90.4 Å². The quantitative estimate of drug-likeness (QED) is 0.121. The van der Waals surface area contributed by atoms with Crippen LogP contribution in [0.4, 0.5) is 4.39 Å². The summed E-state index contributed by atoms with van der Waals surface area (Å²) in [5.74, 6) is -0.539. The molecule has 0 saturated heterocycles. The lowest BCUT2D eigenvalue weighted by atomic mass is 10.0. The van der Waals surface area contributed by atoms with Gasteiger partial charge in [0, 0.05) is 6.07 Å². The number of hydrogen-bond acceptors (Lipinski definition) is 4. The molecule has 35 heavy (non-hydrogen) atoms. The number of halogens is 1. The summed E-state index contributed by atoms with van der Waals surface area (Å²) in [6.45, 7) is 2.92. The van der Waals surface area contributed by atoms with Crippen molar-refractivity contribution in [2.75, 3.05) is 6.61 Å². The largest absolute Gasteiger partial charge is 0.494 e. The Labute approximate surface area is 210 Å². The molecule has 0 aliphatic carbocycles. The molecular weight excluding hydrogens is 441 g/mol. The molecule has 0 saturated carbocycles. The van der Waals surface area contributed by atoms with E-state index in [1.54, 1.807) is 30.3 Å². The molecular formula is C30H40FNO3. The Balaban J connectivity index is 1.50. The minimum Gasteiger partial charge on any atom is -0.494 e. The summed E-state index contributed by atoms with van der Waals surface area (Å²) in [5, 5.41) is 8.77. The summed E-state index contributed by atoms with van der Waals surface area (Å²) in [6.07, 6.45) is 18.6. The van der Waals surface area contributed by atoms with Crippen LogP contribution in [0.3, 0.4) is 0 Å². The van der Waals surface area contributed by atoms with Crippen molar-refractivity contribution >= 4 is 5.97 Å². The summed E-state index contributed by atoms with van der Waals surface area (Å²) >= 11 is 0. The summed E-state index contributed by atoms with van der Waals surface area (Å²) in [6, 6.07) is 12.2. The van der Waals surface area contributed by atoms with E-state index in [-0.39, 0.29) is 11.3 Å². The van der Waals surface area contributed by atoms with Crippen LogP contribution in [0.5, 0.6) is 11.5 Å². The number of carbonyl (C=O) groups is 1. The van der Waals surface area contributed by atoms with Crippen molar-refractivity contribution in [1.82, 2.24) is 0 Å². The number of ether oxygens (including phenoxy) is 2. The van der Waals surface area contributed by atoms with E-state index in [9.17, 15) is 9.18 Å². The van der Waals surface area contributed by atoms with Crippen molar-refractivity contribution in [3.63, 3.8) is 0 Å². The maximum atomic E-state index is 13.7. The van der Waals surface area contributed by atoms with Gasteiger partial charge in [-0.25, -0.2) is 9.18 Å². The number of hydrogen-bond donors (Lipinski definition) is 0. The molecule has 0 atom stereocenters. The second kappa shape index (κ2) is 17.5. The molecule has 0 aliphatic rings. The van der Waals surface area contributed by atoms with Crippen LogP contribution in [-0.4, -0.2) is 12.6 Å². The molecule has 2 aromatic carbocycles. The highest BCUT2D eigenvalue weighted by atomic mass is 19.1. The third-order valence-corrected chi connectivity index (χ3v) is 6.13. The molecule has 2 aromatic rings. The van der Waals surface area contributed by atoms with E-state index in [4.69, 9.17) is 14.7 Å². The van der Waals surface area contributed by atoms with E-state index in [2.05, 4.69) is 6.92 Å². The molecule has 0 bridgehead atoms. The van der Waals surface area contributed by atoms with Gasteiger partial charge in [-0.05, 0) is 42.8 Å². The normalized spacial score (nSPS) is 10.7. The topological polar surface area (TPSA) is 59.3 Å². The molecule has 0 radical (unpaired) electrons. The lowest BCUT2D eigenvalue weighted by Crippen LogP contribution is -2.08.